The van der Waals surface area contributed by atoms with Gasteiger partial charge in [-0.1, -0.05) is 11.6 Å². The third-order valence-corrected chi connectivity index (χ3v) is 4.33. The molecule has 3 nitrogen and oxygen atoms in total. The third-order valence-electron chi connectivity index (χ3n) is 3.71. The standard InChI is InChI=1S/C13H12ClF2N3S.ClH/c14-7-1-2-8(15)11(12(7)16)6-3-10-9(4-17)18-13(20)19(10)5-6;/h1-2,6H,3-5,17H2,(H,18,20);1H. The molecule has 1 aliphatic heterocycles. The highest BCUT2D eigenvalue weighted by Gasteiger charge is 2.31. The summed E-state index contributed by atoms with van der Waals surface area (Å²) in [4.78, 5) is 3.02. The van der Waals surface area contributed by atoms with Crippen LogP contribution in [0, 0.1) is 16.4 Å². The van der Waals surface area contributed by atoms with Gasteiger partial charge in [0.1, 0.15) is 11.6 Å². The Hall–Kier alpha value is -0.950. The molecule has 2 heterocycles. The fourth-order valence-corrected chi connectivity index (χ4v) is 3.25. The molecular weight excluding hydrogens is 339 g/mol. The number of fused-ring (bicyclic) bond motifs is 1. The predicted molar refractivity (Wildman–Crippen MR) is 82.6 cm³/mol. The van der Waals surface area contributed by atoms with Crippen molar-refractivity contribution in [1.29, 1.82) is 0 Å². The van der Waals surface area contributed by atoms with Crippen LogP contribution in [0.5, 0.6) is 0 Å². The van der Waals surface area contributed by atoms with E-state index < -0.39 is 11.6 Å². The maximum Gasteiger partial charge on any atom is 0.177 e. The highest BCUT2D eigenvalue weighted by atomic mass is 35.5. The summed E-state index contributed by atoms with van der Waals surface area (Å²) in [7, 11) is 0. The van der Waals surface area contributed by atoms with Crippen LogP contribution < -0.4 is 5.73 Å². The summed E-state index contributed by atoms with van der Waals surface area (Å²) >= 11 is 10.9. The zero-order chi connectivity index (χ0) is 14.4. The van der Waals surface area contributed by atoms with Gasteiger partial charge in [0.15, 0.2) is 4.77 Å². The molecule has 1 aromatic carbocycles. The predicted octanol–water partition coefficient (Wildman–Crippen LogP) is 3.70. The molecule has 0 aliphatic carbocycles. The van der Waals surface area contributed by atoms with Gasteiger partial charge >= 0.3 is 0 Å². The van der Waals surface area contributed by atoms with E-state index in [0.29, 0.717) is 24.3 Å². The van der Waals surface area contributed by atoms with E-state index in [9.17, 15) is 8.78 Å². The van der Waals surface area contributed by atoms with Crippen molar-refractivity contribution in [2.75, 3.05) is 0 Å². The molecule has 1 aliphatic rings. The summed E-state index contributed by atoms with van der Waals surface area (Å²) in [5, 5.41) is -0.0674. The van der Waals surface area contributed by atoms with Gasteiger partial charge in [0.2, 0.25) is 0 Å². The van der Waals surface area contributed by atoms with E-state index in [4.69, 9.17) is 29.6 Å². The van der Waals surface area contributed by atoms with Gasteiger partial charge in [-0.25, -0.2) is 8.78 Å². The number of aromatic amines is 1. The highest BCUT2D eigenvalue weighted by Crippen LogP contribution is 2.36. The number of hydrogen-bond donors (Lipinski definition) is 2. The van der Waals surface area contributed by atoms with Gasteiger partial charge < -0.3 is 15.3 Å². The number of nitrogens with one attached hydrogen (secondary N) is 1. The van der Waals surface area contributed by atoms with E-state index >= 15 is 0 Å². The minimum Gasteiger partial charge on any atom is -0.333 e. The summed E-state index contributed by atoms with van der Waals surface area (Å²) < 4.78 is 30.4. The van der Waals surface area contributed by atoms with E-state index in [0.717, 1.165) is 11.4 Å². The minimum absolute atomic E-state index is 0. The van der Waals surface area contributed by atoms with Crippen molar-refractivity contribution in [1.82, 2.24) is 9.55 Å². The average molecular weight is 352 g/mol. The molecule has 1 unspecified atom stereocenters. The molecule has 0 saturated carbocycles. The van der Waals surface area contributed by atoms with Crippen LogP contribution in [0.15, 0.2) is 12.1 Å². The molecule has 1 aromatic heterocycles. The molecule has 8 heteroatoms. The molecular formula is C13H13Cl2F2N3S. The van der Waals surface area contributed by atoms with Gasteiger partial charge in [-0.2, -0.15) is 0 Å². The quantitative estimate of drug-likeness (QED) is 0.640. The molecule has 0 amide bonds. The topological polar surface area (TPSA) is 46.7 Å². The van der Waals surface area contributed by atoms with Crippen molar-refractivity contribution in [3.05, 3.63) is 50.5 Å². The van der Waals surface area contributed by atoms with Crippen LogP contribution in [0.25, 0.3) is 0 Å². The molecule has 2 aromatic rings. The zero-order valence-electron chi connectivity index (χ0n) is 10.8. The number of aromatic nitrogens is 2. The van der Waals surface area contributed by atoms with E-state index in [-0.39, 0.29) is 28.9 Å². The lowest BCUT2D eigenvalue weighted by atomic mass is 9.95. The number of benzene rings is 1. The van der Waals surface area contributed by atoms with Crippen LogP contribution in [0.4, 0.5) is 8.78 Å². The Bertz CT molecular complexity index is 742. The Labute approximate surface area is 136 Å². The molecule has 3 N–H and O–H groups in total. The fraction of sp³-hybridized carbons (Fsp3) is 0.308. The smallest absolute Gasteiger partial charge is 0.177 e. The summed E-state index contributed by atoms with van der Waals surface area (Å²) in [6.45, 7) is 0.748. The van der Waals surface area contributed by atoms with Crippen LogP contribution >= 0.6 is 36.2 Å². The molecule has 3 rings (SSSR count). The Morgan fingerprint density at radius 1 is 1.43 bits per heavy atom. The molecule has 1 atom stereocenters. The van der Waals surface area contributed by atoms with Gasteiger partial charge in [-0.05, 0) is 30.8 Å². The molecule has 21 heavy (non-hydrogen) atoms. The zero-order valence-corrected chi connectivity index (χ0v) is 13.2. The second-order valence-electron chi connectivity index (χ2n) is 4.83. The maximum atomic E-state index is 14.1. The lowest BCUT2D eigenvalue weighted by Crippen LogP contribution is -2.08. The van der Waals surface area contributed by atoms with Gasteiger partial charge in [-0.3, -0.25) is 0 Å². The SMILES string of the molecule is Cl.NCc1[nH]c(=S)n2c1CC(c1c(F)ccc(Cl)c1F)C2. The van der Waals surface area contributed by atoms with Crippen molar-refractivity contribution in [3.8, 4) is 0 Å². The van der Waals surface area contributed by atoms with Crippen molar-refractivity contribution in [2.45, 2.75) is 25.4 Å². The van der Waals surface area contributed by atoms with Crippen molar-refractivity contribution >= 4 is 36.2 Å². The van der Waals surface area contributed by atoms with E-state index in [2.05, 4.69) is 4.98 Å². The number of H-pyrrole nitrogens is 1. The van der Waals surface area contributed by atoms with E-state index in [1.165, 1.54) is 12.1 Å². The average Bonchev–Trinajstić information content (AvgIpc) is 2.96. The minimum atomic E-state index is -0.688. The number of hydrogen-bond acceptors (Lipinski definition) is 2. The molecule has 0 fully saturated rings. The second-order valence-corrected chi connectivity index (χ2v) is 5.62. The summed E-state index contributed by atoms with van der Waals surface area (Å²) in [5.41, 5.74) is 7.41. The van der Waals surface area contributed by atoms with Gasteiger partial charge in [0.25, 0.3) is 0 Å². The first kappa shape index (κ1) is 16.4. The summed E-state index contributed by atoms with van der Waals surface area (Å²) in [5.74, 6) is -1.58. The van der Waals surface area contributed by atoms with Gasteiger partial charge in [0.05, 0.1) is 10.7 Å². The maximum absolute atomic E-state index is 14.1. The summed E-state index contributed by atoms with van der Waals surface area (Å²) in [6.07, 6.45) is 0.494. The number of rotatable bonds is 2. The Balaban J connectivity index is 0.00000161. The number of nitrogens with two attached hydrogens (primary N) is 1. The van der Waals surface area contributed by atoms with Crippen LogP contribution in [-0.4, -0.2) is 9.55 Å². The Morgan fingerprint density at radius 3 is 2.81 bits per heavy atom. The summed E-state index contributed by atoms with van der Waals surface area (Å²) in [6, 6.07) is 2.42. The number of imidazole rings is 1. The van der Waals surface area contributed by atoms with Crippen LogP contribution in [-0.2, 0) is 19.5 Å². The van der Waals surface area contributed by atoms with Crippen LogP contribution in [0.2, 0.25) is 5.02 Å². The molecule has 0 saturated heterocycles. The van der Waals surface area contributed by atoms with Crippen molar-refractivity contribution < 1.29 is 8.78 Å². The van der Waals surface area contributed by atoms with Gasteiger partial charge in [-0.15, -0.1) is 12.4 Å². The normalized spacial score (nSPS) is 16.7. The highest BCUT2D eigenvalue weighted by molar-refractivity contribution is 7.71. The van der Waals surface area contributed by atoms with Crippen molar-refractivity contribution in [3.63, 3.8) is 0 Å². The van der Waals surface area contributed by atoms with E-state index in [1.807, 2.05) is 4.57 Å². The first-order valence-electron chi connectivity index (χ1n) is 6.17. The third kappa shape index (κ3) is 2.61. The monoisotopic (exact) mass is 351 g/mol. The first-order valence-corrected chi connectivity index (χ1v) is 6.95. The second kappa shape index (κ2) is 6.04. The van der Waals surface area contributed by atoms with E-state index in [1.54, 1.807) is 0 Å². The fourth-order valence-electron chi connectivity index (χ4n) is 2.78. The molecule has 114 valence electrons. The Kier molecular flexibility index (Phi) is 4.72. The lowest BCUT2D eigenvalue weighted by molar-refractivity contribution is 0.513. The largest absolute Gasteiger partial charge is 0.333 e. The Morgan fingerprint density at radius 2 is 2.14 bits per heavy atom. The number of halogens is 4. The van der Waals surface area contributed by atoms with Gasteiger partial charge in [0, 0.05) is 30.3 Å². The number of nitrogens with zero attached hydrogens (tertiary/aromatic N) is 1. The molecule has 0 spiro atoms. The molecule has 0 bridgehead atoms. The van der Waals surface area contributed by atoms with Crippen molar-refractivity contribution in [2.24, 2.45) is 5.73 Å². The first-order chi connectivity index (χ1) is 9.52. The van der Waals surface area contributed by atoms with Crippen LogP contribution in [0.3, 0.4) is 0 Å². The van der Waals surface area contributed by atoms with Crippen LogP contribution in [0.1, 0.15) is 22.9 Å². The lowest BCUT2D eigenvalue weighted by Gasteiger charge is -2.13. The molecule has 0 radical (unpaired) electrons.